The first-order valence-corrected chi connectivity index (χ1v) is 4.35. The first kappa shape index (κ1) is 10.7. The predicted octanol–water partition coefficient (Wildman–Crippen LogP) is 1.41. The fourth-order valence-corrected chi connectivity index (χ4v) is 1.39. The highest BCUT2D eigenvalue weighted by atomic mass is 16.5. The van der Waals surface area contributed by atoms with E-state index >= 15 is 0 Å². The summed E-state index contributed by atoms with van der Waals surface area (Å²) in [7, 11) is 1.58. The van der Waals surface area contributed by atoms with E-state index in [1.165, 1.54) is 6.92 Å². The van der Waals surface area contributed by atoms with Gasteiger partial charge in [0.25, 0.3) is 0 Å². The van der Waals surface area contributed by atoms with E-state index in [2.05, 4.69) is 0 Å². The van der Waals surface area contributed by atoms with Crippen LogP contribution in [0.5, 0.6) is 5.75 Å². The molecule has 0 heterocycles. The molecule has 0 aromatic heterocycles. The van der Waals surface area contributed by atoms with Crippen LogP contribution in [0.3, 0.4) is 0 Å². The second-order valence-corrected chi connectivity index (χ2v) is 3.45. The minimum atomic E-state index is -1.42. The van der Waals surface area contributed by atoms with Gasteiger partial charge in [0.1, 0.15) is 11.4 Å². The van der Waals surface area contributed by atoms with E-state index in [4.69, 9.17) is 4.74 Å². The molecule has 0 fully saturated rings. The van der Waals surface area contributed by atoms with Crippen LogP contribution in [-0.2, 0) is 10.4 Å². The molecule has 1 N–H and O–H groups in total. The molecule has 0 bridgehead atoms. The van der Waals surface area contributed by atoms with Gasteiger partial charge in [0, 0.05) is 0 Å². The third-order valence-electron chi connectivity index (χ3n) is 2.21. The number of carbonyl (C=O) groups excluding carboxylic acids is 1. The highest BCUT2D eigenvalue weighted by Crippen LogP contribution is 2.25. The van der Waals surface area contributed by atoms with Crippen LogP contribution < -0.4 is 4.74 Å². The molecule has 3 nitrogen and oxygen atoms in total. The summed E-state index contributed by atoms with van der Waals surface area (Å²) in [4.78, 5) is 10.7. The van der Waals surface area contributed by atoms with E-state index in [1.807, 2.05) is 6.92 Å². The summed E-state index contributed by atoms with van der Waals surface area (Å²) < 4.78 is 5.03. The summed E-state index contributed by atoms with van der Waals surface area (Å²) in [5, 5.41) is 9.73. The lowest BCUT2D eigenvalue weighted by atomic mass is 9.93. The van der Waals surface area contributed by atoms with Gasteiger partial charge in [0.15, 0.2) is 6.29 Å². The third-order valence-corrected chi connectivity index (χ3v) is 2.21. The van der Waals surface area contributed by atoms with Crippen LogP contribution in [0.2, 0.25) is 0 Å². The monoisotopic (exact) mass is 194 g/mol. The Morgan fingerprint density at radius 3 is 2.57 bits per heavy atom. The molecule has 1 aromatic rings. The molecule has 0 amide bonds. The highest BCUT2D eigenvalue weighted by molar-refractivity contribution is 5.66. The largest absolute Gasteiger partial charge is 0.497 e. The minimum absolute atomic E-state index is 0.530. The Morgan fingerprint density at radius 1 is 1.50 bits per heavy atom. The maximum atomic E-state index is 10.7. The number of rotatable bonds is 3. The van der Waals surface area contributed by atoms with Crippen molar-refractivity contribution < 1.29 is 14.6 Å². The number of ether oxygens (including phenoxy) is 1. The molecule has 1 aromatic carbocycles. The van der Waals surface area contributed by atoms with E-state index in [0.717, 1.165) is 5.56 Å². The number of carbonyl (C=O) groups is 1. The van der Waals surface area contributed by atoms with E-state index < -0.39 is 5.60 Å². The molecule has 1 rings (SSSR count). The van der Waals surface area contributed by atoms with Crippen LogP contribution >= 0.6 is 0 Å². The van der Waals surface area contributed by atoms with E-state index in [9.17, 15) is 9.90 Å². The Labute approximate surface area is 83.3 Å². The fraction of sp³-hybridized carbons (Fsp3) is 0.364. The van der Waals surface area contributed by atoms with Gasteiger partial charge in [-0.1, -0.05) is 6.07 Å². The molecule has 0 saturated carbocycles. The molecule has 0 aliphatic rings. The average Bonchev–Trinajstić information content (AvgIpc) is 2.17. The summed E-state index contributed by atoms with van der Waals surface area (Å²) in [6, 6.07) is 5.20. The standard InChI is InChI=1S/C11H14O3/c1-8-6-9(14-3)4-5-10(8)11(2,13)7-12/h4-7,13H,1-3H3. The van der Waals surface area contributed by atoms with Crippen LogP contribution in [0, 0.1) is 6.92 Å². The molecular weight excluding hydrogens is 180 g/mol. The van der Waals surface area contributed by atoms with E-state index in [0.29, 0.717) is 17.6 Å². The van der Waals surface area contributed by atoms with Gasteiger partial charge < -0.3 is 9.84 Å². The summed E-state index contributed by atoms with van der Waals surface area (Å²) in [5.74, 6) is 0.716. The van der Waals surface area contributed by atoms with Gasteiger partial charge in [-0.05, 0) is 37.1 Å². The lowest BCUT2D eigenvalue weighted by Gasteiger charge is -2.19. The maximum Gasteiger partial charge on any atom is 0.155 e. The molecule has 0 radical (unpaired) electrons. The minimum Gasteiger partial charge on any atom is -0.497 e. The van der Waals surface area contributed by atoms with Gasteiger partial charge >= 0.3 is 0 Å². The van der Waals surface area contributed by atoms with Crippen molar-refractivity contribution in [3.05, 3.63) is 29.3 Å². The van der Waals surface area contributed by atoms with Crippen molar-refractivity contribution >= 4 is 6.29 Å². The zero-order valence-corrected chi connectivity index (χ0v) is 8.57. The van der Waals surface area contributed by atoms with Gasteiger partial charge in [0.2, 0.25) is 0 Å². The zero-order valence-electron chi connectivity index (χ0n) is 8.57. The van der Waals surface area contributed by atoms with Crippen LogP contribution in [0.25, 0.3) is 0 Å². The van der Waals surface area contributed by atoms with Crippen LogP contribution in [0.1, 0.15) is 18.1 Å². The second kappa shape index (κ2) is 3.80. The lowest BCUT2D eigenvalue weighted by Crippen LogP contribution is -2.23. The predicted molar refractivity (Wildman–Crippen MR) is 53.4 cm³/mol. The number of hydrogen-bond donors (Lipinski definition) is 1. The van der Waals surface area contributed by atoms with Crippen molar-refractivity contribution in [2.45, 2.75) is 19.4 Å². The van der Waals surface area contributed by atoms with Crippen molar-refractivity contribution in [3.8, 4) is 5.75 Å². The van der Waals surface area contributed by atoms with Crippen LogP contribution in [0.4, 0.5) is 0 Å². The summed E-state index contributed by atoms with van der Waals surface area (Å²) in [5.41, 5.74) is 0.0193. The Balaban J connectivity index is 3.18. The number of aliphatic hydroxyl groups is 1. The average molecular weight is 194 g/mol. The van der Waals surface area contributed by atoms with Gasteiger partial charge in [-0.2, -0.15) is 0 Å². The first-order chi connectivity index (χ1) is 6.51. The van der Waals surface area contributed by atoms with Gasteiger partial charge in [-0.25, -0.2) is 0 Å². The van der Waals surface area contributed by atoms with Gasteiger partial charge in [-0.15, -0.1) is 0 Å². The molecule has 0 aliphatic heterocycles. The Bertz CT molecular complexity index is 342. The number of aldehydes is 1. The van der Waals surface area contributed by atoms with Crippen molar-refractivity contribution in [1.82, 2.24) is 0 Å². The van der Waals surface area contributed by atoms with Crippen LogP contribution in [0.15, 0.2) is 18.2 Å². The van der Waals surface area contributed by atoms with E-state index in [-0.39, 0.29) is 0 Å². The number of aryl methyl sites for hydroxylation is 1. The van der Waals surface area contributed by atoms with Crippen LogP contribution in [-0.4, -0.2) is 18.5 Å². The molecule has 0 aliphatic carbocycles. The highest BCUT2D eigenvalue weighted by Gasteiger charge is 2.23. The smallest absolute Gasteiger partial charge is 0.155 e. The van der Waals surface area contributed by atoms with Crippen molar-refractivity contribution in [3.63, 3.8) is 0 Å². The quantitative estimate of drug-likeness (QED) is 0.740. The molecule has 14 heavy (non-hydrogen) atoms. The van der Waals surface area contributed by atoms with Gasteiger partial charge in [0.05, 0.1) is 7.11 Å². The van der Waals surface area contributed by atoms with Gasteiger partial charge in [-0.3, -0.25) is 4.79 Å². The van der Waals surface area contributed by atoms with Crippen molar-refractivity contribution in [1.29, 1.82) is 0 Å². The maximum absolute atomic E-state index is 10.7. The summed E-state index contributed by atoms with van der Waals surface area (Å²) in [6.45, 7) is 3.30. The molecule has 0 spiro atoms. The summed E-state index contributed by atoms with van der Waals surface area (Å²) >= 11 is 0. The topological polar surface area (TPSA) is 46.5 Å². The number of methoxy groups -OCH3 is 1. The molecule has 3 heteroatoms. The van der Waals surface area contributed by atoms with Crippen molar-refractivity contribution in [2.75, 3.05) is 7.11 Å². The molecule has 1 atom stereocenters. The Morgan fingerprint density at radius 2 is 2.14 bits per heavy atom. The Kier molecular flexibility index (Phi) is 2.91. The molecule has 0 saturated heterocycles. The zero-order chi connectivity index (χ0) is 10.8. The third kappa shape index (κ3) is 1.93. The fourth-order valence-electron chi connectivity index (χ4n) is 1.39. The molecule has 1 unspecified atom stereocenters. The number of hydrogen-bond acceptors (Lipinski definition) is 3. The van der Waals surface area contributed by atoms with Crippen molar-refractivity contribution in [2.24, 2.45) is 0 Å². The molecule has 76 valence electrons. The lowest BCUT2D eigenvalue weighted by molar-refractivity contribution is -0.123. The Hall–Kier alpha value is -1.35. The second-order valence-electron chi connectivity index (χ2n) is 3.45. The number of benzene rings is 1. The van der Waals surface area contributed by atoms with E-state index in [1.54, 1.807) is 25.3 Å². The SMILES string of the molecule is COc1ccc(C(C)(O)C=O)c(C)c1. The molecular formula is C11H14O3. The normalized spacial score (nSPS) is 14.6. The summed E-state index contributed by atoms with van der Waals surface area (Å²) in [6.07, 6.45) is 0.530. The first-order valence-electron chi connectivity index (χ1n) is 4.35.